The summed E-state index contributed by atoms with van der Waals surface area (Å²) in [6.45, 7) is 2.16. The van der Waals surface area contributed by atoms with Crippen molar-refractivity contribution in [3.05, 3.63) is 29.8 Å². The molecule has 2 amide bonds. The van der Waals surface area contributed by atoms with Gasteiger partial charge >= 0.3 is 5.97 Å². The number of ether oxygens (including phenoxy) is 1. The molecule has 1 aliphatic carbocycles. The molecule has 2 aliphatic rings. The number of nitrogens with one attached hydrogen (secondary N) is 1. The molecule has 2 N–H and O–H groups in total. The fourth-order valence-electron chi connectivity index (χ4n) is 3.26. The molecular formula is C18H22N2O5. The number of hydrogen-bond donors (Lipinski definition) is 2. The van der Waals surface area contributed by atoms with E-state index in [4.69, 9.17) is 4.74 Å². The van der Waals surface area contributed by atoms with Crippen LogP contribution in [-0.4, -0.2) is 54.1 Å². The SMILES string of the molecule is O=C(CC1(C(=O)O)CCC1)Nc1cccc(C(=O)N2CCOCC2)c1. The molecule has 0 bridgehead atoms. The fourth-order valence-corrected chi connectivity index (χ4v) is 3.26. The molecule has 25 heavy (non-hydrogen) atoms. The van der Waals surface area contributed by atoms with Crippen molar-refractivity contribution in [3.8, 4) is 0 Å². The highest BCUT2D eigenvalue weighted by atomic mass is 16.5. The normalized spacial score (nSPS) is 19.0. The second kappa shape index (κ2) is 7.23. The second-order valence-electron chi connectivity index (χ2n) is 6.65. The van der Waals surface area contributed by atoms with Crippen molar-refractivity contribution >= 4 is 23.5 Å². The average molecular weight is 346 g/mol. The van der Waals surface area contributed by atoms with Crippen LogP contribution in [0.2, 0.25) is 0 Å². The summed E-state index contributed by atoms with van der Waals surface area (Å²) < 4.78 is 5.25. The number of carbonyl (C=O) groups excluding carboxylic acids is 2. The van der Waals surface area contributed by atoms with Crippen molar-refractivity contribution in [1.82, 2.24) is 4.90 Å². The van der Waals surface area contributed by atoms with Gasteiger partial charge in [-0.3, -0.25) is 14.4 Å². The predicted octanol–water partition coefficient (Wildman–Crippen LogP) is 1.74. The first-order chi connectivity index (χ1) is 12.0. The van der Waals surface area contributed by atoms with E-state index in [1.54, 1.807) is 29.2 Å². The third-order valence-electron chi connectivity index (χ3n) is 4.95. The molecule has 134 valence electrons. The van der Waals surface area contributed by atoms with Gasteiger partial charge in [0, 0.05) is 30.8 Å². The Morgan fingerprint density at radius 3 is 2.52 bits per heavy atom. The van der Waals surface area contributed by atoms with Gasteiger partial charge in [-0.05, 0) is 31.0 Å². The van der Waals surface area contributed by atoms with Crippen LogP contribution >= 0.6 is 0 Å². The van der Waals surface area contributed by atoms with Gasteiger partial charge in [0.1, 0.15) is 0 Å². The quantitative estimate of drug-likeness (QED) is 0.847. The Morgan fingerprint density at radius 1 is 1.20 bits per heavy atom. The standard InChI is InChI=1S/C18H22N2O5/c21-15(12-18(17(23)24)5-2-6-18)19-14-4-1-3-13(11-14)16(22)20-7-9-25-10-8-20/h1,3-4,11H,2,5-10,12H2,(H,19,21)(H,23,24). The first-order valence-corrected chi connectivity index (χ1v) is 8.50. The van der Waals surface area contributed by atoms with Crippen LogP contribution in [0.15, 0.2) is 24.3 Å². The van der Waals surface area contributed by atoms with Crippen LogP contribution < -0.4 is 5.32 Å². The molecule has 0 aromatic heterocycles. The average Bonchev–Trinajstić information content (AvgIpc) is 2.58. The number of carboxylic acids is 1. The highest BCUT2D eigenvalue weighted by Gasteiger charge is 2.45. The van der Waals surface area contributed by atoms with Crippen molar-refractivity contribution in [2.24, 2.45) is 5.41 Å². The Morgan fingerprint density at radius 2 is 1.92 bits per heavy atom. The van der Waals surface area contributed by atoms with Crippen LogP contribution in [0.4, 0.5) is 5.69 Å². The van der Waals surface area contributed by atoms with E-state index in [2.05, 4.69) is 5.32 Å². The Bertz CT molecular complexity index is 678. The van der Waals surface area contributed by atoms with Gasteiger partial charge < -0.3 is 20.1 Å². The van der Waals surface area contributed by atoms with Crippen LogP contribution in [0, 0.1) is 5.41 Å². The van der Waals surface area contributed by atoms with E-state index in [1.165, 1.54) is 0 Å². The van der Waals surface area contributed by atoms with Gasteiger partial charge in [0.2, 0.25) is 5.91 Å². The first-order valence-electron chi connectivity index (χ1n) is 8.50. The predicted molar refractivity (Wildman–Crippen MR) is 90.3 cm³/mol. The van der Waals surface area contributed by atoms with Crippen LogP contribution in [0.1, 0.15) is 36.0 Å². The maximum Gasteiger partial charge on any atom is 0.310 e. The van der Waals surface area contributed by atoms with Crippen molar-refractivity contribution < 1.29 is 24.2 Å². The van der Waals surface area contributed by atoms with Gasteiger partial charge in [-0.1, -0.05) is 12.5 Å². The first kappa shape index (κ1) is 17.4. The smallest absolute Gasteiger partial charge is 0.310 e. The maximum atomic E-state index is 12.5. The fraction of sp³-hybridized carbons (Fsp3) is 0.500. The Labute approximate surface area is 146 Å². The van der Waals surface area contributed by atoms with Crippen molar-refractivity contribution in [2.75, 3.05) is 31.6 Å². The van der Waals surface area contributed by atoms with Crippen molar-refractivity contribution in [1.29, 1.82) is 0 Å². The lowest BCUT2D eigenvalue weighted by Gasteiger charge is -2.36. The van der Waals surface area contributed by atoms with Gasteiger partial charge in [-0.25, -0.2) is 0 Å². The molecule has 7 nitrogen and oxygen atoms in total. The summed E-state index contributed by atoms with van der Waals surface area (Å²) in [5, 5.41) is 12.0. The number of anilines is 1. The molecule has 0 spiro atoms. The van der Waals surface area contributed by atoms with Gasteiger partial charge in [0.05, 0.1) is 18.6 Å². The largest absolute Gasteiger partial charge is 0.481 e. The molecule has 3 rings (SSSR count). The van der Waals surface area contributed by atoms with Crippen LogP contribution in [0.25, 0.3) is 0 Å². The summed E-state index contributed by atoms with van der Waals surface area (Å²) >= 11 is 0. The number of carboxylic acid groups (broad SMARTS) is 1. The monoisotopic (exact) mass is 346 g/mol. The summed E-state index contributed by atoms with van der Waals surface area (Å²) in [5.74, 6) is -1.34. The van der Waals surface area contributed by atoms with Gasteiger partial charge in [0.15, 0.2) is 0 Å². The number of hydrogen-bond acceptors (Lipinski definition) is 4. The summed E-state index contributed by atoms with van der Waals surface area (Å²) in [6.07, 6.45) is 1.86. The molecule has 0 atom stereocenters. The minimum absolute atomic E-state index is 0.0377. The summed E-state index contributed by atoms with van der Waals surface area (Å²) in [7, 11) is 0. The van der Waals surface area contributed by atoms with Crippen LogP contribution in [0.3, 0.4) is 0 Å². The van der Waals surface area contributed by atoms with Gasteiger partial charge in [-0.2, -0.15) is 0 Å². The van der Waals surface area contributed by atoms with Crippen molar-refractivity contribution in [2.45, 2.75) is 25.7 Å². The van der Waals surface area contributed by atoms with E-state index < -0.39 is 11.4 Å². The lowest BCUT2D eigenvalue weighted by molar-refractivity contribution is -0.157. The molecule has 1 saturated heterocycles. The Hall–Kier alpha value is -2.41. The highest BCUT2D eigenvalue weighted by molar-refractivity contribution is 5.98. The molecule has 0 unspecified atom stereocenters. The third-order valence-corrected chi connectivity index (χ3v) is 4.95. The molecule has 1 heterocycles. The number of amides is 2. The minimum Gasteiger partial charge on any atom is -0.481 e. The molecule has 1 aromatic carbocycles. The lowest BCUT2D eigenvalue weighted by atomic mass is 9.66. The number of carbonyl (C=O) groups is 3. The summed E-state index contributed by atoms with van der Waals surface area (Å²) in [5.41, 5.74) is 0.0750. The molecule has 0 radical (unpaired) electrons. The molecule has 1 aliphatic heterocycles. The highest BCUT2D eigenvalue weighted by Crippen LogP contribution is 2.44. The Kier molecular flexibility index (Phi) is 5.03. The zero-order valence-electron chi connectivity index (χ0n) is 14.0. The number of nitrogens with zero attached hydrogens (tertiary/aromatic N) is 1. The summed E-state index contributed by atoms with van der Waals surface area (Å²) in [6, 6.07) is 6.74. The number of benzene rings is 1. The van der Waals surface area contributed by atoms with Gasteiger partial charge in [0.25, 0.3) is 5.91 Å². The van der Waals surface area contributed by atoms with E-state index in [0.29, 0.717) is 50.4 Å². The second-order valence-corrected chi connectivity index (χ2v) is 6.65. The lowest BCUT2D eigenvalue weighted by Crippen LogP contribution is -2.41. The molecule has 1 aromatic rings. The zero-order chi connectivity index (χ0) is 17.9. The third kappa shape index (κ3) is 3.82. The van der Waals surface area contributed by atoms with E-state index in [-0.39, 0.29) is 18.2 Å². The van der Waals surface area contributed by atoms with Crippen LogP contribution in [-0.2, 0) is 14.3 Å². The molecule has 1 saturated carbocycles. The topological polar surface area (TPSA) is 95.9 Å². The van der Waals surface area contributed by atoms with E-state index in [0.717, 1.165) is 6.42 Å². The number of rotatable bonds is 5. The van der Waals surface area contributed by atoms with Gasteiger partial charge in [-0.15, -0.1) is 0 Å². The summed E-state index contributed by atoms with van der Waals surface area (Å²) in [4.78, 5) is 37.8. The van der Waals surface area contributed by atoms with Crippen molar-refractivity contribution in [3.63, 3.8) is 0 Å². The van der Waals surface area contributed by atoms with Crippen LogP contribution in [0.5, 0.6) is 0 Å². The molecule has 2 fully saturated rings. The number of morpholine rings is 1. The van der Waals surface area contributed by atoms with E-state index in [9.17, 15) is 19.5 Å². The minimum atomic E-state index is -0.925. The molecular weight excluding hydrogens is 324 g/mol. The van der Waals surface area contributed by atoms with E-state index in [1.807, 2.05) is 0 Å². The number of aliphatic carboxylic acids is 1. The maximum absolute atomic E-state index is 12.5. The zero-order valence-corrected chi connectivity index (χ0v) is 14.0. The molecule has 7 heteroatoms. The Balaban J connectivity index is 1.64. The van der Waals surface area contributed by atoms with E-state index >= 15 is 0 Å².